The van der Waals surface area contributed by atoms with E-state index in [4.69, 9.17) is 4.74 Å². The molecule has 1 saturated heterocycles. The number of para-hydroxylation sites is 1. The number of anilines is 1. The van der Waals surface area contributed by atoms with Crippen molar-refractivity contribution >= 4 is 34.1 Å². The molecule has 4 rings (SSSR count). The number of benzene rings is 1. The van der Waals surface area contributed by atoms with Crippen LogP contribution in [-0.2, 0) is 16.1 Å². The van der Waals surface area contributed by atoms with Crippen LogP contribution in [0, 0.1) is 0 Å². The molecule has 0 radical (unpaired) electrons. The molecule has 2 aromatic heterocycles. The van der Waals surface area contributed by atoms with Crippen LogP contribution < -0.4 is 5.32 Å². The van der Waals surface area contributed by atoms with Crippen molar-refractivity contribution in [3.8, 4) is 5.69 Å². The van der Waals surface area contributed by atoms with E-state index in [1.54, 1.807) is 6.20 Å². The van der Waals surface area contributed by atoms with Crippen molar-refractivity contribution in [3.05, 3.63) is 47.7 Å². The van der Waals surface area contributed by atoms with Crippen LogP contribution in [0.25, 0.3) is 5.69 Å². The SMILES string of the molecule is C[C@H](Sc1nnc(CN2CCOCC2)n1-c1ccccc1)C(=O)Nc1nccs1. The first-order valence-electron chi connectivity index (χ1n) is 9.37. The Hall–Kier alpha value is -2.27. The number of carbonyl (C=O) groups is 1. The molecule has 1 amide bonds. The normalized spacial score (nSPS) is 15.9. The number of aromatic nitrogens is 4. The molecule has 29 heavy (non-hydrogen) atoms. The Morgan fingerprint density at radius 2 is 2.07 bits per heavy atom. The molecule has 1 N–H and O–H groups in total. The Kier molecular flexibility index (Phi) is 6.55. The number of morpholine rings is 1. The lowest BCUT2D eigenvalue weighted by molar-refractivity contribution is -0.115. The van der Waals surface area contributed by atoms with E-state index in [9.17, 15) is 4.79 Å². The van der Waals surface area contributed by atoms with Gasteiger partial charge in [-0.1, -0.05) is 30.0 Å². The number of rotatable bonds is 7. The monoisotopic (exact) mass is 430 g/mol. The predicted octanol–water partition coefficient (Wildman–Crippen LogP) is 2.68. The molecule has 8 nitrogen and oxygen atoms in total. The zero-order chi connectivity index (χ0) is 20.1. The van der Waals surface area contributed by atoms with Crippen LogP contribution in [0.1, 0.15) is 12.7 Å². The Labute approximate surface area is 177 Å². The maximum absolute atomic E-state index is 12.5. The lowest BCUT2D eigenvalue weighted by Gasteiger charge is -2.26. The van der Waals surface area contributed by atoms with E-state index in [-0.39, 0.29) is 11.2 Å². The number of nitrogens with zero attached hydrogens (tertiary/aromatic N) is 5. The van der Waals surface area contributed by atoms with Crippen LogP contribution in [0.2, 0.25) is 0 Å². The van der Waals surface area contributed by atoms with Crippen LogP contribution in [-0.4, -0.2) is 62.1 Å². The van der Waals surface area contributed by atoms with Crippen molar-refractivity contribution < 1.29 is 9.53 Å². The van der Waals surface area contributed by atoms with E-state index in [2.05, 4.69) is 25.4 Å². The topological polar surface area (TPSA) is 85.2 Å². The van der Waals surface area contributed by atoms with Crippen LogP contribution >= 0.6 is 23.1 Å². The highest BCUT2D eigenvalue weighted by molar-refractivity contribution is 8.00. The smallest absolute Gasteiger partial charge is 0.239 e. The average molecular weight is 431 g/mol. The van der Waals surface area contributed by atoms with Crippen LogP contribution in [0.4, 0.5) is 5.13 Å². The molecule has 1 aliphatic heterocycles. The van der Waals surface area contributed by atoms with Gasteiger partial charge in [-0.3, -0.25) is 14.3 Å². The summed E-state index contributed by atoms with van der Waals surface area (Å²) in [5.74, 6) is 0.746. The summed E-state index contributed by atoms with van der Waals surface area (Å²) in [7, 11) is 0. The first-order valence-corrected chi connectivity index (χ1v) is 11.1. The van der Waals surface area contributed by atoms with Gasteiger partial charge in [-0.05, 0) is 19.1 Å². The number of ether oxygens (including phenoxy) is 1. The molecule has 152 valence electrons. The third-order valence-corrected chi connectivity index (χ3v) is 6.23. The largest absolute Gasteiger partial charge is 0.379 e. The molecule has 0 spiro atoms. The maximum atomic E-state index is 12.5. The fourth-order valence-corrected chi connectivity index (χ4v) is 4.40. The summed E-state index contributed by atoms with van der Waals surface area (Å²) in [5.41, 5.74) is 0.982. The van der Waals surface area contributed by atoms with E-state index < -0.39 is 0 Å². The van der Waals surface area contributed by atoms with Gasteiger partial charge in [-0.2, -0.15) is 0 Å². The van der Waals surface area contributed by atoms with Crippen molar-refractivity contribution in [1.82, 2.24) is 24.6 Å². The highest BCUT2D eigenvalue weighted by Crippen LogP contribution is 2.27. The number of thiazole rings is 1. The second-order valence-electron chi connectivity index (χ2n) is 6.54. The number of thioether (sulfide) groups is 1. The van der Waals surface area contributed by atoms with E-state index in [1.165, 1.54) is 23.1 Å². The molecule has 1 aliphatic rings. The standard InChI is InChI=1S/C19H22N6O2S2/c1-14(17(26)21-18-20-7-12-28-18)29-19-23-22-16(13-24-8-10-27-11-9-24)25(19)15-5-3-2-4-6-15/h2-7,12,14H,8-11,13H2,1H3,(H,20,21,26)/t14-/m0/s1. The summed E-state index contributed by atoms with van der Waals surface area (Å²) < 4.78 is 7.48. The molecule has 1 fully saturated rings. The Bertz CT molecular complexity index is 926. The molecule has 0 saturated carbocycles. The number of amides is 1. The third kappa shape index (κ3) is 5.02. The fraction of sp³-hybridized carbons (Fsp3) is 0.368. The molecule has 1 atom stereocenters. The number of nitrogens with one attached hydrogen (secondary N) is 1. The van der Waals surface area contributed by atoms with Gasteiger partial charge in [-0.15, -0.1) is 21.5 Å². The van der Waals surface area contributed by atoms with Gasteiger partial charge in [0.15, 0.2) is 16.1 Å². The molecule has 0 aliphatic carbocycles. The highest BCUT2D eigenvalue weighted by Gasteiger charge is 2.23. The van der Waals surface area contributed by atoms with Crippen molar-refractivity contribution in [2.75, 3.05) is 31.6 Å². The summed E-state index contributed by atoms with van der Waals surface area (Å²) in [4.78, 5) is 19.0. The second kappa shape index (κ2) is 9.49. The lowest BCUT2D eigenvalue weighted by atomic mass is 10.3. The quantitative estimate of drug-likeness (QED) is 0.577. The average Bonchev–Trinajstić information content (AvgIpc) is 3.39. The number of hydrogen-bond donors (Lipinski definition) is 1. The molecule has 1 aromatic carbocycles. The van der Waals surface area contributed by atoms with Crippen molar-refractivity contribution in [3.63, 3.8) is 0 Å². The van der Waals surface area contributed by atoms with Gasteiger partial charge in [0.05, 0.1) is 25.0 Å². The number of carbonyl (C=O) groups excluding carboxylic acids is 1. The second-order valence-corrected chi connectivity index (χ2v) is 8.75. The van der Waals surface area contributed by atoms with E-state index in [1.807, 2.05) is 47.2 Å². The minimum Gasteiger partial charge on any atom is -0.379 e. The van der Waals surface area contributed by atoms with E-state index >= 15 is 0 Å². The summed E-state index contributed by atoms with van der Waals surface area (Å²) >= 11 is 2.79. The molecule has 0 unspecified atom stereocenters. The lowest BCUT2D eigenvalue weighted by Crippen LogP contribution is -2.36. The Morgan fingerprint density at radius 3 is 2.79 bits per heavy atom. The van der Waals surface area contributed by atoms with E-state index in [0.717, 1.165) is 37.8 Å². The summed E-state index contributed by atoms with van der Waals surface area (Å²) in [5, 5.41) is 14.5. The molecule has 3 aromatic rings. The maximum Gasteiger partial charge on any atom is 0.239 e. The third-order valence-electron chi connectivity index (χ3n) is 4.50. The van der Waals surface area contributed by atoms with Crippen molar-refractivity contribution in [1.29, 1.82) is 0 Å². The first kappa shape index (κ1) is 20.0. The highest BCUT2D eigenvalue weighted by atomic mass is 32.2. The van der Waals surface area contributed by atoms with Gasteiger partial charge in [0.1, 0.15) is 0 Å². The van der Waals surface area contributed by atoms with Gasteiger partial charge in [0.25, 0.3) is 0 Å². The van der Waals surface area contributed by atoms with Crippen LogP contribution in [0.3, 0.4) is 0 Å². The van der Waals surface area contributed by atoms with Crippen molar-refractivity contribution in [2.45, 2.75) is 23.9 Å². The summed E-state index contributed by atoms with van der Waals surface area (Å²) in [6.45, 7) is 5.75. The zero-order valence-electron chi connectivity index (χ0n) is 16.0. The van der Waals surface area contributed by atoms with Gasteiger partial charge in [-0.25, -0.2) is 4.98 Å². The van der Waals surface area contributed by atoms with Gasteiger partial charge < -0.3 is 10.1 Å². The van der Waals surface area contributed by atoms with Crippen molar-refractivity contribution in [2.24, 2.45) is 0 Å². The zero-order valence-corrected chi connectivity index (χ0v) is 17.7. The minimum absolute atomic E-state index is 0.109. The Balaban J connectivity index is 1.54. The summed E-state index contributed by atoms with van der Waals surface area (Å²) in [6.07, 6.45) is 1.67. The minimum atomic E-state index is -0.346. The molecule has 0 bridgehead atoms. The van der Waals surface area contributed by atoms with E-state index in [0.29, 0.717) is 16.8 Å². The molecule has 10 heteroatoms. The number of hydrogen-bond acceptors (Lipinski definition) is 8. The Morgan fingerprint density at radius 1 is 1.28 bits per heavy atom. The summed E-state index contributed by atoms with van der Waals surface area (Å²) in [6, 6.07) is 10.0. The van der Waals surface area contributed by atoms with Crippen LogP contribution in [0.5, 0.6) is 0 Å². The molecular formula is C19H22N6O2S2. The van der Waals surface area contributed by atoms with Gasteiger partial charge >= 0.3 is 0 Å². The fourth-order valence-electron chi connectivity index (χ4n) is 2.98. The van der Waals surface area contributed by atoms with Crippen LogP contribution in [0.15, 0.2) is 47.1 Å². The van der Waals surface area contributed by atoms with Gasteiger partial charge in [0, 0.05) is 30.4 Å². The van der Waals surface area contributed by atoms with Gasteiger partial charge in [0.2, 0.25) is 5.91 Å². The molecule has 3 heterocycles. The first-order chi connectivity index (χ1) is 14.2. The molecular weight excluding hydrogens is 408 g/mol. The predicted molar refractivity (Wildman–Crippen MR) is 114 cm³/mol.